The molecule has 0 amide bonds. The number of halogens is 3. The van der Waals surface area contributed by atoms with Crippen molar-refractivity contribution in [3.05, 3.63) is 29.5 Å². The highest BCUT2D eigenvalue weighted by Gasteiger charge is 2.42. The first-order valence-corrected chi connectivity index (χ1v) is 9.83. The summed E-state index contributed by atoms with van der Waals surface area (Å²) in [6.45, 7) is 8.94. The Labute approximate surface area is 176 Å². The van der Waals surface area contributed by atoms with Crippen LogP contribution in [-0.4, -0.2) is 70.7 Å². The van der Waals surface area contributed by atoms with Gasteiger partial charge in [-0.3, -0.25) is 4.90 Å². The number of hydrogen-bond donors (Lipinski definition) is 1. The minimum Gasteiger partial charge on any atom is -0.475 e. The number of carbonyl (C=O) groups is 1. The Morgan fingerprint density at radius 2 is 1.94 bits per heavy atom. The number of morpholine rings is 1. The summed E-state index contributed by atoms with van der Waals surface area (Å²) >= 11 is 0. The lowest BCUT2D eigenvalue weighted by atomic mass is 9.91. The number of rotatable bonds is 3. The fraction of sp³-hybridized carbons (Fsp3) is 0.632. The Morgan fingerprint density at radius 3 is 2.52 bits per heavy atom. The number of piperidine rings is 1. The maximum absolute atomic E-state index is 10.6. The zero-order chi connectivity index (χ0) is 22.6. The first-order valence-electron chi connectivity index (χ1n) is 9.83. The van der Waals surface area contributed by atoms with Gasteiger partial charge in [-0.25, -0.2) is 4.79 Å². The van der Waals surface area contributed by atoms with Crippen molar-refractivity contribution in [1.29, 1.82) is 0 Å². The maximum Gasteiger partial charge on any atom is 0.490 e. The number of hydrogen-bond acceptors (Lipinski definition) is 8. The van der Waals surface area contributed by atoms with Crippen LogP contribution in [0.2, 0.25) is 0 Å². The van der Waals surface area contributed by atoms with Crippen LogP contribution in [0.5, 0.6) is 0 Å². The summed E-state index contributed by atoms with van der Waals surface area (Å²) in [7, 11) is 0. The van der Waals surface area contributed by atoms with E-state index < -0.39 is 12.1 Å². The second-order valence-electron chi connectivity index (χ2n) is 7.69. The van der Waals surface area contributed by atoms with Crippen LogP contribution in [0.3, 0.4) is 0 Å². The number of carboxylic acid groups (broad SMARTS) is 1. The van der Waals surface area contributed by atoms with Gasteiger partial charge in [-0.05, 0) is 31.9 Å². The van der Waals surface area contributed by atoms with Crippen LogP contribution in [0.1, 0.15) is 30.3 Å². The van der Waals surface area contributed by atoms with Crippen molar-refractivity contribution in [2.45, 2.75) is 45.0 Å². The highest BCUT2D eigenvalue weighted by atomic mass is 19.4. The molecule has 2 aliphatic rings. The Morgan fingerprint density at radius 1 is 1.19 bits per heavy atom. The Bertz CT molecular complexity index is 880. The molecule has 0 radical (unpaired) electrons. The number of alkyl halides is 3. The van der Waals surface area contributed by atoms with Gasteiger partial charge >= 0.3 is 18.2 Å². The molecule has 0 aliphatic carbocycles. The first-order chi connectivity index (χ1) is 14.6. The van der Waals surface area contributed by atoms with E-state index in [1.165, 1.54) is 0 Å². The zero-order valence-electron chi connectivity index (χ0n) is 17.3. The zero-order valence-corrected chi connectivity index (χ0v) is 17.3. The van der Waals surface area contributed by atoms with Crippen molar-refractivity contribution in [3.8, 4) is 0 Å². The minimum absolute atomic E-state index is 0.166. The quantitative estimate of drug-likeness (QED) is 0.762. The summed E-state index contributed by atoms with van der Waals surface area (Å²) in [5, 5.41) is 15.2. The summed E-state index contributed by atoms with van der Waals surface area (Å²) in [6, 6.07) is 4.69. The molecule has 0 saturated carbocycles. The van der Waals surface area contributed by atoms with Gasteiger partial charge < -0.3 is 23.6 Å². The van der Waals surface area contributed by atoms with Crippen molar-refractivity contribution >= 4 is 12.0 Å². The second-order valence-corrected chi connectivity index (χ2v) is 7.69. The summed E-state index contributed by atoms with van der Waals surface area (Å²) in [6.07, 6.45) is -2.96. The smallest absolute Gasteiger partial charge is 0.475 e. The average Bonchev–Trinajstić information content (AvgIpc) is 3.30. The predicted octanol–water partition coefficient (Wildman–Crippen LogP) is 2.78. The SMILES string of the molecule is Cc1ccc(CN2CCOC3(CCCN(c4nnc(C)o4)C3)C2)o1.O=C(O)C(F)(F)F. The van der Waals surface area contributed by atoms with Gasteiger partial charge in [0.1, 0.15) is 11.5 Å². The third-order valence-corrected chi connectivity index (χ3v) is 5.07. The van der Waals surface area contributed by atoms with Crippen molar-refractivity contribution in [1.82, 2.24) is 15.1 Å². The van der Waals surface area contributed by atoms with Crippen LogP contribution in [-0.2, 0) is 16.1 Å². The highest BCUT2D eigenvalue weighted by Crippen LogP contribution is 2.31. The van der Waals surface area contributed by atoms with Crippen molar-refractivity contribution in [3.63, 3.8) is 0 Å². The molecule has 2 fully saturated rings. The van der Waals surface area contributed by atoms with Gasteiger partial charge in [0.2, 0.25) is 5.89 Å². The minimum atomic E-state index is -5.08. The number of furan rings is 1. The monoisotopic (exact) mass is 446 g/mol. The van der Waals surface area contributed by atoms with Crippen molar-refractivity contribution in [2.75, 3.05) is 37.7 Å². The summed E-state index contributed by atoms with van der Waals surface area (Å²) in [4.78, 5) is 13.5. The summed E-state index contributed by atoms with van der Waals surface area (Å²) in [5.41, 5.74) is -0.166. The van der Waals surface area contributed by atoms with Crippen LogP contribution in [0.15, 0.2) is 21.0 Å². The molecule has 1 N–H and O–H groups in total. The Hall–Kier alpha value is -2.60. The van der Waals surface area contributed by atoms with Gasteiger partial charge in [0.25, 0.3) is 0 Å². The van der Waals surface area contributed by atoms with Gasteiger partial charge in [0.15, 0.2) is 0 Å². The molecular weight excluding hydrogens is 421 g/mol. The number of aryl methyl sites for hydroxylation is 2. The molecule has 4 rings (SSSR count). The van der Waals surface area contributed by atoms with Gasteiger partial charge in [0.05, 0.1) is 25.3 Å². The largest absolute Gasteiger partial charge is 0.490 e. The van der Waals surface area contributed by atoms with Gasteiger partial charge in [-0.15, -0.1) is 5.10 Å². The summed E-state index contributed by atoms with van der Waals surface area (Å²) < 4.78 is 49.3. The van der Waals surface area contributed by atoms with Gasteiger partial charge in [-0.1, -0.05) is 5.10 Å². The highest BCUT2D eigenvalue weighted by molar-refractivity contribution is 5.73. The maximum atomic E-state index is 10.6. The molecule has 1 unspecified atom stereocenters. The lowest BCUT2D eigenvalue weighted by Gasteiger charge is -2.47. The van der Waals surface area contributed by atoms with Crippen LogP contribution in [0.4, 0.5) is 19.2 Å². The number of ether oxygens (including phenoxy) is 1. The van der Waals surface area contributed by atoms with Gasteiger partial charge in [0, 0.05) is 26.6 Å². The molecule has 0 bridgehead atoms. The predicted molar refractivity (Wildman–Crippen MR) is 102 cm³/mol. The Balaban J connectivity index is 0.000000339. The molecule has 31 heavy (non-hydrogen) atoms. The lowest BCUT2D eigenvalue weighted by Crippen LogP contribution is -2.59. The normalized spacial score (nSPS) is 22.3. The van der Waals surface area contributed by atoms with E-state index >= 15 is 0 Å². The van der Waals surface area contributed by atoms with Crippen molar-refractivity contribution < 1.29 is 36.6 Å². The molecule has 172 valence electrons. The van der Waals surface area contributed by atoms with E-state index in [2.05, 4.69) is 26.1 Å². The molecule has 0 aromatic carbocycles. The van der Waals surface area contributed by atoms with Gasteiger partial charge in [-0.2, -0.15) is 13.2 Å². The lowest BCUT2D eigenvalue weighted by molar-refractivity contribution is -0.192. The molecule has 2 saturated heterocycles. The number of anilines is 1. The fourth-order valence-electron chi connectivity index (χ4n) is 3.77. The molecule has 4 heterocycles. The molecule has 2 aliphatic heterocycles. The van der Waals surface area contributed by atoms with E-state index in [1.807, 2.05) is 19.9 Å². The van der Waals surface area contributed by atoms with Crippen LogP contribution >= 0.6 is 0 Å². The third kappa shape index (κ3) is 6.20. The molecule has 1 spiro atoms. The van der Waals surface area contributed by atoms with E-state index in [1.54, 1.807) is 0 Å². The topological polar surface area (TPSA) is 105 Å². The van der Waals surface area contributed by atoms with E-state index in [-0.39, 0.29) is 5.60 Å². The number of aromatic nitrogens is 2. The number of carboxylic acids is 1. The molecule has 1 atom stereocenters. The molecule has 2 aromatic rings. The van der Waals surface area contributed by atoms with Crippen molar-refractivity contribution in [2.24, 2.45) is 0 Å². The number of nitrogens with zero attached hydrogens (tertiary/aromatic N) is 4. The third-order valence-electron chi connectivity index (χ3n) is 5.07. The number of aliphatic carboxylic acids is 1. The molecular formula is C19H25F3N4O5. The standard InChI is InChI=1S/C17H24N4O3.C2HF3O2/c1-13-4-5-15(23-13)10-20-8-9-22-17(11-20)6-3-7-21(12-17)16-19-18-14(2)24-16;3-2(4,5)1(6)7/h4-5H,3,6-12H2,1-2H3;(H,6,7). The summed E-state index contributed by atoms with van der Waals surface area (Å²) in [5.74, 6) is -0.176. The molecule has 9 nitrogen and oxygen atoms in total. The second kappa shape index (κ2) is 9.27. The van der Waals surface area contributed by atoms with E-state index in [0.717, 1.165) is 63.7 Å². The Kier molecular flexibility index (Phi) is 6.90. The van der Waals surface area contributed by atoms with Crippen LogP contribution in [0.25, 0.3) is 0 Å². The van der Waals surface area contributed by atoms with E-state index in [4.69, 9.17) is 23.5 Å². The first kappa shape index (κ1) is 23.1. The van der Waals surface area contributed by atoms with Crippen LogP contribution in [0, 0.1) is 13.8 Å². The van der Waals surface area contributed by atoms with Crippen LogP contribution < -0.4 is 4.90 Å². The molecule has 2 aromatic heterocycles. The van der Waals surface area contributed by atoms with E-state index in [9.17, 15) is 13.2 Å². The average molecular weight is 446 g/mol. The van der Waals surface area contributed by atoms with E-state index in [0.29, 0.717) is 11.9 Å². The fourth-order valence-corrected chi connectivity index (χ4v) is 3.77. The molecule has 12 heteroatoms.